The van der Waals surface area contributed by atoms with Crippen LogP contribution in [0, 0.1) is 0 Å². The Morgan fingerprint density at radius 3 is 3.11 bits per heavy atom. The highest BCUT2D eigenvalue weighted by Gasteiger charge is 2.14. The Morgan fingerprint density at radius 1 is 1.47 bits per heavy atom. The van der Waals surface area contributed by atoms with Gasteiger partial charge in [0.1, 0.15) is 5.75 Å². The van der Waals surface area contributed by atoms with Crippen LogP contribution in [0.15, 0.2) is 18.2 Å². The SMILES string of the molecule is NCCC(=O)NCc1ccc2c(c1)NC(=O)CCO2. The number of ether oxygens (including phenoxy) is 1. The van der Waals surface area contributed by atoms with Crippen molar-refractivity contribution >= 4 is 17.5 Å². The van der Waals surface area contributed by atoms with Crippen molar-refractivity contribution in [1.29, 1.82) is 0 Å². The fraction of sp³-hybridized carbons (Fsp3) is 0.385. The van der Waals surface area contributed by atoms with Gasteiger partial charge in [-0.05, 0) is 17.7 Å². The lowest BCUT2D eigenvalue weighted by molar-refractivity contribution is -0.121. The molecule has 0 atom stereocenters. The van der Waals surface area contributed by atoms with Gasteiger partial charge in [-0.25, -0.2) is 0 Å². The number of fused-ring (bicyclic) bond motifs is 1. The van der Waals surface area contributed by atoms with Crippen LogP contribution in [0.5, 0.6) is 5.75 Å². The van der Waals surface area contributed by atoms with Gasteiger partial charge in [-0.3, -0.25) is 9.59 Å². The molecule has 0 spiro atoms. The number of amides is 2. The van der Waals surface area contributed by atoms with Crippen molar-refractivity contribution in [2.75, 3.05) is 18.5 Å². The fourth-order valence-corrected chi connectivity index (χ4v) is 1.80. The Balaban J connectivity index is 2.03. The first kappa shape index (κ1) is 13.4. The van der Waals surface area contributed by atoms with Gasteiger partial charge in [0.15, 0.2) is 0 Å². The average molecular weight is 263 g/mol. The summed E-state index contributed by atoms with van der Waals surface area (Å²) in [7, 11) is 0. The van der Waals surface area contributed by atoms with E-state index in [0.717, 1.165) is 5.56 Å². The predicted octanol–water partition coefficient (Wildman–Crippen LogP) is 0.373. The van der Waals surface area contributed by atoms with Crippen molar-refractivity contribution in [1.82, 2.24) is 5.32 Å². The molecule has 1 heterocycles. The van der Waals surface area contributed by atoms with Crippen LogP contribution < -0.4 is 21.1 Å². The zero-order valence-corrected chi connectivity index (χ0v) is 10.6. The minimum atomic E-state index is -0.0854. The zero-order valence-electron chi connectivity index (χ0n) is 10.6. The van der Waals surface area contributed by atoms with Crippen molar-refractivity contribution in [2.45, 2.75) is 19.4 Å². The number of hydrogen-bond acceptors (Lipinski definition) is 4. The third kappa shape index (κ3) is 3.69. The minimum absolute atomic E-state index is 0.0666. The molecule has 0 unspecified atom stereocenters. The van der Waals surface area contributed by atoms with Gasteiger partial charge < -0.3 is 21.1 Å². The molecule has 0 bridgehead atoms. The van der Waals surface area contributed by atoms with Crippen molar-refractivity contribution in [3.63, 3.8) is 0 Å². The number of hydrogen-bond donors (Lipinski definition) is 3. The molecule has 6 nitrogen and oxygen atoms in total. The van der Waals surface area contributed by atoms with Gasteiger partial charge in [-0.2, -0.15) is 0 Å². The molecular weight excluding hydrogens is 246 g/mol. The number of nitrogens with two attached hydrogens (primary N) is 1. The first-order valence-corrected chi connectivity index (χ1v) is 6.21. The maximum Gasteiger partial charge on any atom is 0.227 e. The Bertz CT molecular complexity index is 488. The molecule has 0 saturated heterocycles. The number of carbonyl (C=O) groups is 2. The largest absolute Gasteiger partial charge is 0.491 e. The van der Waals surface area contributed by atoms with Crippen LogP contribution in [0.4, 0.5) is 5.69 Å². The van der Waals surface area contributed by atoms with E-state index in [2.05, 4.69) is 10.6 Å². The molecule has 4 N–H and O–H groups in total. The van der Waals surface area contributed by atoms with E-state index in [1.165, 1.54) is 0 Å². The van der Waals surface area contributed by atoms with Gasteiger partial charge >= 0.3 is 0 Å². The fourth-order valence-electron chi connectivity index (χ4n) is 1.80. The lowest BCUT2D eigenvalue weighted by Crippen LogP contribution is -2.25. The van der Waals surface area contributed by atoms with Gasteiger partial charge in [0.05, 0.1) is 18.7 Å². The summed E-state index contributed by atoms with van der Waals surface area (Å²) in [6, 6.07) is 5.46. The molecule has 19 heavy (non-hydrogen) atoms. The summed E-state index contributed by atoms with van der Waals surface area (Å²) in [5.41, 5.74) is 6.84. The topological polar surface area (TPSA) is 93.5 Å². The van der Waals surface area contributed by atoms with Gasteiger partial charge in [0.25, 0.3) is 0 Å². The van der Waals surface area contributed by atoms with Crippen LogP contribution in [-0.2, 0) is 16.1 Å². The molecule has 102 valence electrons. The summed E-state index contributed by atoms with van der Waals surface area (Å²) in [4.78, 5) is 22.8. The van der Waals surface area contributed by atoms with E-state index >= 15 is 0 Å². The standard InChI is InChI=1S/C13H17N3O3/c14-5-3-12(17)15-8-9-1-2-11-10(7-9)16-13(18)4-6-19-11/h1-2,7H,3-6,8,14H2,(H,15,17)(H,16,18). The molecule has 2 amide bonds. The van der Waals surface area contributed by atoms with Crippen LogP contribution in [0.25, 0.3) is 0 Å². The molecule has 2 rings (SSSR count). The molecule has 0 aliphatic carbocycles. The molecule has 1 aliphatic rings. The summed E-state index contributed by atoms with van der Waals surface area (Å²) in [5.74, 6) is 0.503. The van der Waals surface area contributed by atoms with Crippen LogP contribution >= 0.6 is 0 Å². The first-order chi connectivity index (χ1) is 9.19. The Morgan fingerprint density at radius 2 is 2.32 bits per heavy atom. The second kappa shape index (κ2) is 6.19. The van der Waals surface area contributed by atoms with Crippen molar-refractivity contribution in [2.24, 2.45) is 5.73 Å². The normalized spacial score (nSPS) is 13.8. The smallest absolute Gasteiger partial charge is 0.227 e. The second-order valence-corrected chi connectivity index (χ2v) is 4.29. The van der Waals surface area contributed by atoms with Crippen molar-refractivity contribution in [3.8, 4) is 5.75 Å². The second-order valence-electron chi connectivity index (χ2n) is 4.29. The lowest BCUT2D eigenvalue weighted by atomic mass is 10.2. The lowest BCUT2D eigenvalue weighted by Gasteiger charge is -2.10. The quantitative estimate of drug-likeness (QED) is 0.731. The summed E-state index contributed by atoms with van der Waals surface area (Å²) in [6.07, 6.45) is 0.655. The highest BCUT2D eigenvalue weighted by atomic mass is 16.5. The van der Waals surface area contributed by atoms with E-state index in [1.807, 2.05) is 6.07 Å². The third-order valence-electron chi connectivity index (χ3n) is 2.77. The van der Waals surface area contributed by atoms with E-state index in [-0.39, 0.29) is 11.8 Å². The molecule has 0 radical (unpaired) electrons. The number of carbonyl (C=O) groups excluding carboxylic acids is 2. The molecule has 0 fully saturated rings. The summed E-state index contributed by atoms with van der Waals surface area (Å²) in [6.45, 7) is 1.12. The van der Waals surface area contributed by atoms with Gasteiger partial charge in [-0.15, -0.1) is 0 Å². The van der Waals surface area contributed by atoms with E-state index in [4.69, 9.17) is 10.5 Å². The maximum absolute atomic E-state index is 11.4. The highest BCUT2D eigenvalue weighted by molar-refractivity contribution is 5.93. The van der Waals surface area contributed by atoms with Gasteiger partial charge in [0.2, 0.25) is 11.8 Å². The van der Waals surface area contributed by atoms with Crippen LogP contribution in [0.1, 0.15) is 18.4 Å². The van der Waals surface area contributed by atoms with E-state index in [0.29, 0.717) is 44.0 Å². The van der Waals surface area contributed by atoms with Crippen molar-refractivity contribution < 1.29 is 14.3 Å². The average Bonchev–Trinajstić information content (AvgIpc) is 2.56. The van der Waals surface area contributed by atoms with E-state index < -0.39 is 0 Å². The van der Waals surface area contributed by atoms with E-state index in [9.17, 15) is 9.59 Å². The number of rotatable bonds is 4. The maximum atomic E-state index is 11.4. The molecule has 1 aliphatic heterocycles. The summed E-state index contributed by atoms with van der Waals surface area (Å²) in [5, 5.41) is 5.54. The molecule has 6 heteroatoms. The third-order valence-corrected chi connectivity index (χ3v) is 2.77. The minimum Gasteiger partial charge on any atom is -0.491 e. The molecule has 0 aromatic heterocycles. The highest BCUT2D eigenvalue weighted by Crippen LogP contribution is 2.27. The van der Waals surface area contributed by atoms with Crippen LogP contribution in [0.2, 0.25) is 0 Å². The van der Waals surface area contributed by atoms with Crippen LogP contribution in [0.3, 0.4) is 0 Å². The number of benzene rings is 1. The zero-order chi connectivity index (χ0) is 13.7. The molecular formula is C13H17N3O3. The van der Waals surface area contributed by atoms with Crippen LogP contribution in [-0.4, -0.2) is 25.0 Å². The Labute approximate surface area is 111 Å². The number of nitrogens with one attached hydrogen (secondary N) is 2. The monoisotopic (exact) mass is 263 g/mol. The molecule has 0 saturated carbocycles. The van der Waals surface area contributed by atoms with Gasteiger partial charge in [0, 0.05) is 19.5 Å². The Kier molecular flexibility index (Phi) is 4.35. The molecule has 1 aromatic rings. The van der Waals surface area contributed by atoms with E-state index in [1.54, 1.807) is 12.1 Å². The molecule has 1 aromatic carbocycles. The Hall–Kier alpha value is -2.08. The van der Waals surface area contributed by atoms with Gasteiger partial charge in [-0.1, -0.05) is 6.07 Å². The summed E-state index contributed by atoms with van der Waals surface area (Å²) >= 11 is 0. The predicted molar refractivity (Wildman–Crippen MR) is 70.7 cm³/mol. The first-order valence-electron chi connectivity index (χ1n) is 6.21. The van der Waals surface area contributed by atoms with Crippen molar-refractivity contribution in [3.05, 3.63) is 23.8 Å². The summed E-state index contributed by atoms with van der Waals surface area (Å²) < 4.78 is 5.45. The number of anilines is 1.